The first-order valence-corrected chi connectivity index (χ1v) is 14.2. The number of ether oxygens (including phenoxy) is 1. The maximum absolute atomic E-state index is 13.3. The lowest BCUT2D eigenvalue weighted by Gasteiger charge is -2.15. The first-order chi connectivity index (χ1) is 18.1. The number of rotatable bonds is 11. The van der Waals surface area contributed by atoms with E-state index in [4.69, 9.17) is 4.74 Å². The van der Waals surface area contributed by atoms with Crippen molar-refractivity contribution < 1.29 is 13.2 Å². The number of nitrogens with one attached hydrogen (secondary N) is 2. The van der Waals surface area contributed by atoms with Crippen molar-refractivity contribution in [3.63, 3.8) is 0 Å². The number of fused-ring (bicyclic) bond motifs is 1. The van der Waals surface area contributed by atoms with E-state index < -0.39 is 10.0 Å². The summed E-state index contributed by atoms with van der Waals surface area (Å²) in [5.74, 6) is 1.31. The number of unbranched alkanes of at least 4 members (excludes halogenated alkanes) is 2. The van der Waals surface area contributed by atoms with Crippen LogP contribution < -0.4 is 19.9 Å². The van der Waals surface area contributed by atoms with Gasteiger partial charge in [-0.15, -0.1) is 5.10 Å². The highest BCUT2D eigenvalue weighted by molar-refractivity contribution is 7.92. The molecular weight excluding hydrogens is 504 g/mol. The van der Waals surface area contributed by atoms with E-state index in [9.17, 15) is 13.2 Å². The highest BCUT2D eigenvalue weighted by atomic mass is 32.2. The van der Waals surface area contributed by atoms with E-state index in [0.717, 1.165) is 24.9 Å². The number of hydrogen-bond acceptors (Lipinski definition) is 7. The molecule has 202 valence electrons. The van der Waals surface area contributed by atoms with Crippen LogP contribution in [0.1, 0.15) is 44.6 Å². The zero-order chi connectivity index (χ0) is 27.4. The van der Waals surface area contributed by atoms with E-state index in [0.29, 0.717) is 47.1 Å². The Morgan fingerprint density at radius 2 is 1.82 bits per heavy atom. The summed E-state index contributed by atoms with van der Waals surface area (Å²) >= 11 is 0. The highest BCUT2D eigenvalue weighted by Crippen LogP contribution is 2.31. The van der Waals surface area contributed by atoms with Gasteiger partial charge in [-0.1, -0.05) is 19.8 Å². The zero-order valence-electron chi connectivity index (χ0n) is 22.4. The Balaban J connectivity index is 1.77. The van der Waals surface area contributed by atoms with Gasteiger partial charge in [0.1, 0.15) is 11.6 Å². The minimum absolute atomic E-state index is 0.0142. The zero-order valence-corrected chi connectivity index (χ0v) is 23.2. The van der Waals surface area contributed by atoms with Crippen molar-refractivity contribution >= 4 is 26.9 Å². The lowest BCUT2D eigenvalue weighted by Crippen LogP contribution is -2.17. The van der Waals surface area contributed by atoms with Crippen molar-refractivity contribution in [2.24, 2.45) is 0 Å². The van der Waals surface area contributed by atoms with E-state index in [1.807, 2.05) is 38.1 Å². The van der Waals surface area contributed by atoms with Crippen LogP contribution in [0.2, 0.25) is 0 Å². The molecule has 0 radical (unpaired) electrons. The molecule has 0 saturated carbocycles. The van der Waals surface area contributed by atoms with E-state index in [2.05, 4.69) is 26.7 Å². The molecule has 4 rings (SSSR count). The van der Waals surface area contributed by atoms with Gasteiger partial charge in [-0.05, 0) is 62.7 Å². The largest absolute Gasteiger partial charge is 0.493 e. The smallest absolute Gasteiger partial charge is 0.277 e. The van der Waals surface area contributed by atoms with Gasteiger partial charge in [0, 0.05) is 31.9 Å². The van der Waals surface area contributed by atoms with Crippen molar-refractivity contribution in [2.45, 2.75) is 51.3 Å². The van der Waals surface area contributed by atoms with Crippen LogP contribution >= 0.6 is 0 Å². The standard InChI is InChI=1S/C27H34N6O4S/c1-6-8-9-10-24-28-18(3)25-27(34)29-26(30-33(24)25)22-17-21(15-16-23(22)37-7-2)38(35,36)31-19-11-13-20(14-12-19)32(4)5/h11-17,31H,6-10H2,1-5H3,(H,29,30,34). The molecule has 10 nitrogen and oxygen atoms in total. The summed E-state index contributed by atoms with van der Waals surface area (Å²) in [5.41, 5.74) is 2.38. The number of hydrogen-bond donors (Lipinski definition) is 2. The van der Waals surface area contributed by atoms with Crippen molar-refractivity contribution in [3.8, 4) is 17.1 Å². The van der Waals surface area contributed by atoms with Crippen LogP contribution in [-0.2, 0) is 16.4 Å². The molecule has 0 fully saturated rings. The van der Waals surface area contributed by atoms with Crippen LogP contribution in [0.15, 0.2) is 52.2 Å². The third kappa shape index (κ3) is 5.67. The number of anilines is 2. The summed E-state index contributed by atoms with van der Waals surface area (Å²) < 4.78 is 36.5. The van der Waals surface area contributed by atoms with E-state index in [-0.39, 0.29) is 16.3 Å². The van der Waals surface area contributed by atoms with Gasteiger partial charge in [-0.25, -0.2) is 17.9 Å². The number of H-pyrrole nitrogens is 1. The fourth-order valence-electron chi connectivity index (χ4n) is 4.24. The van der Waals surface area contributed by atoms with E-state index in [1.54, 1.807) is 29.6 Å². The Kier molecular flexibility index (Phi) is 8.05. The molecule has 38 heavy (non-hydrogen) atoms. The number of sulfonamides is 1. The average Bonchev–Trinajstić information content (AvgIpc) is 3.20. The predicted molar refractivity (Wildman–Crippen MR) is 150 cm³/mol. The summed E-state index contributed by atoms with van der Waals surface area (Å²) in [6.07, 6.45) is 3.72. The topological polar surface area (TPSA) is 122 Å². The van der Waals surface area contributed by atoms with Crippen molar-refractivity contribution in [2.75, 3.05) is 30.3 Å². The lowest BCUT2D eigenvalue weighted by molar-refractivity contribution is 0.341. The molecule has 11 heteroatoms. The van der Waals surface area contributed by atoms with Crippen LogP contribution in [-0.4, -0.2) is 48.7 Å². The van der Waals surface area contributed by atoms with Crippen molar-refractivity contribution in [1.29, 1.82) is 0 Å². The van der Waals surface area contributed by atoms with Gasteiger partial charge in [0.05, 0.1) is 22.8 Å². The molecule has 0 aliphatic rings. The molecule has 4 aromatic rings. The maximum Gasteiger partial charge on any atom is 0.277 e. The van der Waals surface area contributed by atoms with Gasteiger partial charge in [-0.3, -0.25) is 9.52 Å². The second-order valence-corrected chi connectivity index (χ2v) is 11.0. The normalized spacial score (nSPS) is 11.6. The van der Waals surface area contributed by atoms with Gasteiger partial charge in [0.15, 0.2) is 11.3 Å². The van der Waals surface area contributed by atoms with Crippen LogP contribution in [0.25, 0.3) is 16.9 Å². The summed E-state index contributed by atoms with van der Waals surface area (Å²) in [6, 6.07) is 11.6. The fraction of sp³-hybridized carbons (Fsp3) is 0.370. The molecule has 2 N–H and O–H groups in total. The lowest BCUT2D eigenvalue weighted by atomic mass is 10.2. The average molecular weight is 539 g/mol. The Morgan fingerprint density at radius 1 is 1.08 bits per heavy atom. The Morgan fingerprint density at radius 3 is 2.47 bits per heavy atom. The van der Waals surface area contributed by atoms with Gasteiger partial charge in [0.2, 0.25) is 0 Å². The maximum atomic E-state index is 13.3. The van der Waals surface area contributed by atoms with Gasteiger partial charge < -0.3 is 14.6 Å². The number of aromatic amines is 1. The third-order valence-corrected chi connectivity index (χ3v) is 7.58. The van der Waals surface area contributed by atoms with Crippen LogP contribution in [0.5, 0.6) is 5.75 Å². The molecule has 0 spiro atoms. The van der Waals surface area contributed by atoms with Gasteiger partial charge in [0.25, 0.3) is 15.6 Å². The number of nitrogens with zero attached hydrogens (tertiary/aromatic N) is 4. The Bertz CT molecular complexity index is 1590. The first kappa shape index (κ1) is 27.2. The SMILES string of the molecule is CCCCCc1nc(C)c2c(=O)[nH]c(-c3cc(S(=O)(=O)Nc4ccc(N(C)C)cc4)ccc3OCC)nn12. The first-order valence-electron chi connectivity index (χ1n) is 12.7. The molecule has 0 aliphatic carbocycles. The van der Waals surface area contributed by atoms with Crippen LogP contribution in [0.4, 0.5) is 11.4 Å². The quantitative estimate of drug-likeness (QED) is 0.272. The van der Waals surface area contributed by atoms with Crippen LogP contribution in [0, 0.1) is 6.92 Å². The minimum Gasteiger partial charge on any atom is -0.493 e. The fourth-order valence-corrected chi connectivity index (χ4v) is 5.32. The molecule has 0 atom stereocenters. The third-order valence-electron chi connectivity index (χ3n) is 6.20. The molecule has 2 aromatic carbocycles. The molecule has 2 aromatic heterocycles. The highest BCUT2D eigenvalue weighted by Gasteiger charge is 2.21. The van der Waals surface area contributed by atoms with Crippen LogP contribution in [0.3, 0.4) is 0 Å². The summed E-state index contributed by atoms with van der Waals surface area (Å²) in [4.78, 5) is 22.4. The second kappa shape index (κ2) is 11.3. The molecule has 0 bridgehead atoms. The van der Waals surface area contributed by atoms with Gasteiger partial charge in [-0.2, -0.15) is 0 Å². The molecule has 0 saturated heterocycles. The second-order valence-electron chi connectivity index (χ2n) is 9.27. The van der Waals surface area contributed by atoms with Gasteiger partial charge >= 0.3 is 0 Å². The number of benzene rings is 2. The monoisotopic (exact) mass is 538 g/mol. The predicted octanol–water partition coefficient (Wildman–Crippen LogP) is 4.39. The van der Waals surface area contributed by atoms with E-state index in [1.165, 1.54) is 12.1 Å². The van der Waals surface area contributed by atoms with Crippen molar-refractivity contribution in [3.05, 3.63) is 64.3 Å². The Labute approximate surface area is 222 Å². The number of aromatic nitrogens is 4. The summed E-state index contributed by atoms with van der Waals surface area (Å²) in [7, 11) is -0.114. The number of aryl methyl sites for hydroxylation is 2. The minimum atomic E-state index is -3.94. The summed E-state index contributed by atoms with van der Waals surface area (Å²) in [5, 5.41) is 4.68. The number of imidazole rings is 1. The molecule has 0 aliphatic heterocycles. The summed E-state index contributed by atoms with van der Waals surface area (Å²) in [6.45, 7) is 6.09. The molecular formula is C27H34N6O4S. The molecule has 2 heterocycles. The van der Waals surface area contributed by atoms with E-state index >= 15 is 0 Å². The Hall–Kier alpha value is -3.86. The van der Waals surface area contributed by atoms with Crippen molar-refractivity contribution in [1.82, 2.24) is 19.6 Å². The molecule has 0 amide bonds. The molecule has 0 unspecified atom stereocenters.